The number of carbonyl (C=O) groups excluding carboxylic acids is 1. The minimum Gasteiger partial charge on any atom is -0.480 e. The first-order valence-electron chi connectivity index (χ1n) is 13.3. The fourth-order valence-electron chi connectivity index (χ4n) is 6.01. The first-order valence-corrected chi connectivity index (χ1v) is 13.3. The van der Waals surface area contributed by atoms with E-state index in [1.807, 2.05) is 84.1 Å². The van der Waals surface area contributed by atoms with Gasteiger partial charge in [0.25, 0.3) is 0 Å². The average Bonchev–Trinajstić information content (AvgIpc) is 3.25. The fourth-order valence-corrected chi connectivity index (χ4v) is 6.01. The summed E-state index contributed by atoms with van der Waals surface area (Å²) < 4.78 is 16.2. The highest BCUT2D eigenvalue weighted by Gasteiger charge is 2.34. The molecule has 0 bridgehead atoms. The number of carboxylic acid groups (broad SMARTS) is 1. The number of aliphatic carboxylic acids is 1. The number of rotatable bonds is 8. The molecule has 0 aliphatic heterocycles. The topological polar surface area (TPSA) is 62.5 Å². The summed E-state index contributed by atoms with van der Waals surface area (Å²) in [6, 6.07) is 23.7. The van der Waals surface area contributed by atoms with Crippen molar-refractivity contribution in [1.82, 2.24) is 9.47 Å². The maximum atomic E-state index is 14.4. The highest BCUT2D eigenvalue weighted by molar-refractivity contribution is 5.89. The van der Waals surface area contributed by atoms with Gasteiger partial charge < -0.3 is 14.6 Å². The summed E-state index contributed by atoms with van der Waals surface area (Å²) in [6.45, 7) is 1.86. The number of amides is 1. The molecule has 5 nitrogen and oxygen atoms in total. The summed E-state index contributed by atoms with van der Waals surface area (Å²) in [5.74, 6) is -1.50. The number of benzene rings is 3. The van der Waals surface area contributed by atoms with Crippen LogP contribution in [0.5, 0.6) is 0 Å². The van der Waals surface area contributed by atoms with E-state index in [2.05, 4.69) is 0 Å². The molecule has 4 aromatic rings. The van der Waals surface area contributed by atoms with Gasteiger partial charge in [-0.1, -0.05) is 67.6 Å². The molecule has 6 heteroatoms. The molecule has 0 saturated heterocycles. The van der Waals surface area contributed by atoms with Crippen LogP contribution in [0.25, 0.3) is 10.9 Å². The first-order chi connectivity index (χ1) is 18.4. The zero-order chi connectivity index (χ0) is 26.8. The second-order valence-electron chi connectivity index (χ2n) is 10.2. The number of nitrogens with zero attached hydrogens (tertiary/aromatic N) is 2. The zero-order valence-electron chi connectivity index (χ0n) is 21.8. The predicted octanol–water partition coefficient (Wildman–Crippen LogP) is 6.16. The summed E-state index contributed by atoms with van der Waals surface area (Å²) in [5, 5.41) is 10.7. The van der Waals surface area contributed by atoms with Crippen LogP contribution in [0, 0.1) is 5.82 Å². The maximum absolute atomic E-state index is 14.4. The van der Waals surface area contributed by atoms with Gasteiger partial charge in [-0.15, -0.1) is 0 Å². The molecule has 38 heavy (non-hydrogen) atoms. The normalized spacial score (nSPS) is 16.6. The lowest BCUT2D eigenvalue weighted by atomic mass is 9.87. The van der Waals surface area contributed by atoms with Crippen molar-refractivity contribution in [2.75, 3.05) is 7.05 Å². The van der Waals surface area contributed by atoms with Crippen LogP contribution in [0.4, 0.5) is 4.39 Å². The van der Waals surface area contributed by atoms with Crippen molar-refractivity contribution in [3.63, 3.8) is 0 Å². The third-order valence-corrected chi connectivity index (χ3v) is 8.00. The molecule has 1 aliphatic rings. The van der Waals surface area contributed by atoms with Gasteiger partial charge in [-0.05, 0) is 67.0 Å². The molecule has 3 atom stereocenters. The van der Waals surface area contributed by atoms with Crippen LogP contribution in [0.3, 0.4) is 0 Å². The number of carbonyl (C=O) groups is 2. The minimum absolute atomic E-state index is 0.0559. The molecule has 1 aromatic heterocycles. The van der Waals surface area contributed by atoms with Crippen molar-refractivity contribution in [3.05, 3.63) is 107 Å². The molecule has 0 fully saturated rings. The summed E-state index contributed by atoms with van der Waals surface area (Å²) in [5.41, 5.74) is 4.73. The van der Waals surface area contributed by atoms with Crippen molar-refractivity contribution < 1.29 is 19.1 Å². The Hall–Kier alpha value is -3.93. The van der Waals surface area contributed by atoms with Gasteiger partial charge in [0.1, 0.15) is 11.9 Å². The van der Waals surface area contributed by atoms with Gasteiger partial charge in [0, 0.05) is 29.7 Å². The van der Waals surface area contributed by atoms with E-state index in [1.54, 1.807) is 6.07 Å². The van der Waals surface area contributed by atoms with Gasteiger partial charge in [0.15, 0.2) is 0 Å². The Balaban J connectivity index is 1.48. The van der Waals surface area contributed by atoms with Crippen LogP contribution < -0.4 is 0 Å². The average molecular weight is 513 g/mol. The lowest BCUT2D eigenvalue weighted by Crippen LogP contribution is -2.43. The van der Waals surface area contributed by atoms with Crippen molar-refractivity contribution in [2.45, 2.75) is 57.0 Å². The van der Waals surface area contributed by atoms with E-state index in [4.69, 9.17) is 0 Å². The minimum atomic E-state index is -0.891. The van der Waals surface area contributed by atoms with E-state index in [9.17, 15) is 19.1 Å². The number of hydrogen-bond donors (Lipinski definition) is 1. The highest BCUT2D eigenvalue weighted by Crippen LogP contribution is 2.37. The quantitative estimate of drug-likeness (QED) is 0.308. The van der Waals surface area contributed by atoms with Crippen LogP contribution in [0.1, 0.15) is 54.1 Å². The molecular weight excluding hydrogens is 479 g/mol. The van der Waals surface area contributed by atoms with Gasteiger partial charge in [-0.2, -0.15) is 0 Å². The summed E-state index contributed by atoms with van der Waals surface area (Å²) in [7, 11) is 1.87. The Morgan fingerprint density at radius 3 is 2.39 bits per heavy atom. The third-order valence-electron chi connectivity index (χ3n) is 8.00. The number of likely N-dealkylation sites (N-methyl/N-ethyl adjacent to an activating group) is 1. The van der Waals surface area contributed by atoms with Crippen LogP contribution in [-0.2, 0) is 28.9 Å². The third kappa shape index (κ3) is 4.83. The van der Waals surface area contributed by atoms with E-state index in [1.165, 1.54) is 12.1 Å². The largest absolute Gasteiger partial charge is 0.480 e. The lowest BCUT2D eigenvalue weighted by molar-refractivity contribution is -0.141. The summed E-state index contributed by atoms with van der Waals surface area (Å²) in [4.78, 5) is 28.0. The number of carboxylic acids is 1. The molecule has 0 spiro atoms. The van der Waals surface area contributed by atoms with Gasteiger partial charge in [0.05, 0.1) is 5.92 Å². The van der Waals surface area contributed by atoms with Crippen LogP contribution in [0.2, 0.25) is 0 Å². The number of aromatic nitrogens is 1. The van der Waals surface area contributed by atoms with Crippen LogP contribution in [0.15, 0.2) is 78.9 Å². The molecular formula is C32H33FN2O3. The summed E-state index contributed by atoms with van der Waals surface area (Å²) in [6.07, 6.45) is 2.95. The Morgan fingerprint density at radius 2 is 1.74 bits per heavy atom. The van der Waals surface area contributed by atoms with E-state index < -0.39 is 12.0 Å². The molecule has 0 saturated carbocycles. The van der Waals surface area contributed by atoms with Crippen molar-refractivity contribution in [2.24, 2.45) is 0 Å². The molecule has 1 aliphatic carbocycles. The molecule has 196 valence electrons. The molecule has 1 heterocycles. The van der Waals surface area contributed by atoms with Crippen molar-refractivity contribution >= 4 is 22.8 Å². The molecule has 2 unspecified atom stereocenters. The number of fused-ring (bicyclic) bond motifs is 3. The van der Waals surface area contributed by atoms with Gasteiger partial charge in [0.2, 0.25) is 5.91 Å². The second-order valence-corrected chi connectivity index (χ2v) is 10.2. The molecule has 0 radical (unpaired) electrons. The van der Waals surface area contributed by atoms with E-state index in [-0.39, 0.29) is 23.7 Å². The molecule has 3 aromatic carbocycles. The zero-order valence-corrected chi connectivity index (χ0v) is 21.8. The second kappa shape index (κ2) is 10.8. The first kappa shape index (κ1) is 25.7. The summed E-state index contributed by atoms with van der Waals surface area (Å²) >= 11 is 0. The van der Waals surface area contributed by atoms with E-state index >= 15 is 0 Å². The Morgan fingerprint density at radius 1 is 1.05 bits per heavy atom. The van der Waals surface area contributed by atoms with Gasteiger partial charge >= 0.3 is 5.97 Å². The van der Waals surface area contributed by atoms with Crippen molar-refractivity contribution in [3.8, 4) is 0 Å². The number of halogens is 1. The molecule has 1 N–H and O–H groups in total. The monoisotopic (exact) mass is 512 g/mol. The molecule has 5 rings (SSSR count). The molecule has 1 amide bonds. The van der Waals surface area contributed by atoms with Gasteiger partial charge in [-0.3, -0.25) is 4.79 Å². The Bertz CT molecular complexity index is 1450. The van der Waals surface area contributed by atoms with Crippen LogP contribution in [-0.4, -0.2) is 39.5 Å². The SMILES string of the molecule is CCC(C(=O)O)n1c2c(c3cc(F)ccc31)C[C@@H](N(C)C(=O)C(Cc1ccccc1)c1ccccc1)CC2. The van der Waals surface area contributed by atoms with Crippen molar-refractivity contribution in [1.29, 1.82) is 0 Å². The lowest BCUT2D eigenvalue weighted by Gasteiger charge is -2.35. The highest BCUT2D eigenvalue weighted by atomic mass is 19.1. The Labute approximate surface area is 222 Å². The van der Waals surface area contributed by atoms with Crippen LogP contribution >= 0.6 is 0 Å². The van der Waals surface area contributed by atoms with E-state index in [0.29, 0.717) is 25.7 Å². The van der Waals surface area contributed by atoms with E-state index in [0.717, 1.165) is 39.7 Å². The maximum Gasteiger partial charge on any atom is 0.326 e. The predicted molar refractivity (Wildman–Crippen MR) is 147 cm³/mol. The standard InChI is InChI=1S/C32H33FN2O3/c1-3-28(32(37)38)35-29-16-14-23(33)19-26(29)27-20-24(15-17-30(27)35)34(2)31(36)25(22-12-8-5-9-13-22)18-21-10-6-4-7-11-21/h4-14,16,19,24-25,28H,3,15,17-18,20H2,1-2H3,(H,37,38)/t24-,25?,28?/m0/s1. The Kier molecular flexibility index (Phi) is 7.32. The smallest absolute Gasteiger partial charge is 0.326 e. The number of hydrogen-bond acceptors (Lipinski definition) is 2. The van der Waals surface area contributed by atoms with Gasteiger partial charge in [-0.25, -0.2) is 9.18 Å². The fraction of sp³-hybridized carbons (Fsp3) is 0.312.